The summed E-state index contributed by atoms with van der Waals surface area (Å²) in [6.07, 6.45) is 1.74. The lowest BCUT2D eigenvalue weighted by atomic mass is 10.2. The van der Waals surface area contributed by atoms with Crippen molar-refractivity contribution in [3.05, 3.63) is 47.7 Å². The van der Waals surface area contributed by atoms with Crippen molar-refractivity contribution in [1.29, 1.82) is 0 Å². The highest BCUT2D eigenvalue weighted by Crippen LogP contribution is 2.47. The molecule has 6 nitrogen and oxygen atoms in total. The van der Waals surface area contributed by atoms with Crippen LogP contribution in [0.25, 0.3) is 10.6 Å². The Morgan fingerprint density at radius 1 is 1.33 bits per heavy atom. The summed E-state index contributed by atoms with van der Waals surface area (Å²) < 4.78 is 26.0. The first-order valence-electron chi connectivity index (χ1n) is 6.06. The summed E-state index contributed by atoms with van der Waals surface area (Å²) >= 11 is 1.54. The molecule has 0 spiro atoms. The second kappa shape index (κ2) is 5.49. The summed E-state index contributed by atoms with van der Waals surface area (Å²) in [7, 11) is -2.93. The Balaban J connectivity index is 1.82. The number of benzene rings is 1. The van der Waals surface area contributed by atoms with Gasteiger partial charge in [-0.05, 0) is 31.2 Å². The Kier molecular flexibility index (Phi) is 3.68. The molecule has 0 amide bonds. The number of hydrogen-bond acceptors (Lipinski definition) is 6. The van der Waals surface area contributed by atoms with E-state index in [0.717, 1.165) is 10.6 Å². The van der Waals surface area contributed by atoms with E-state index in [1.54, 1.807) is 42.7 Å². The van der Waals surface area contributed by atoms with Crippen LogP contribution in [0, 0.1) is 6.92 Å². The average molecular weight is 324 g/mol. The summed E-state index contributed by atoms with van der Waals surface area (Å²) in [4.78, 5) is 4.72. The summed E-state index contributed by atoms with van der Waals surface area (Å²) in [5.74, 6) is 0.968. The molecule has 0 aliphatic heterocycles. The molecule has 0 aliphatic rings. The van der Waals surface area contributed by atoms with Crippen LogP contribution >= 0.6 is 22.1 Å². The maximum atomic E-state index is 10.3. The molecule has 3 rings (SSSR count). The van der Waals surface area contributed by atoms with Gasteiger partial charge in [-0.3, -0.25) is 0 Å². The maximum absolute atomic E-state index is 10.3. The van der Waals surface area contributed by atoms with Crippen molar-refractivity contribution in [2.45, 2.75) is 11.8 Å². The molecule has 4 N–H and O–H groups in total. The van der Waals surface area contributed by atoms with E-state index in [1.807, 2.05) is 17.5 Å². The average Bonchev–Trinajstić information content (AvgIpc) is 3.10. The second-order valence-electron chi connectivity index (χ2n) is 4.37. The van der Waals surface area contributed by atoms with E-state index in [1.165, 1.54) is 0 Å². The molecular formula is C13H14N3O3S2+. The van der Waals surface area contributed by atoms with Crippen molar-refractivity contribution in [3.63, 3.8) is 0 Å². The number of anilines is 1. The Morgan fingerprint density at radius 2 is 2.10 bits per heavy atom. The van der Waals surface area contributed by atoms with Gasteiger partial charge < -0.3 is 9.08 Å². The minimum absolute atomic E-state index is 0.351. The summed E-state index contributed by atoms with van der Waals surface area (Å²) in [5, 5.41) is 6.55. The van der Waals surface area contributed by atoms with E-state index in [0.29, 0.717) is 16.5 Å². The largest absolute Gasteiger partial charge is 0.359 e. The van der Waals surface area contributed by atoms with Gasteiger partial charge in [0.15, 0.2) is 5.82 Å². The van der Waals surface area contributed by atoms with E-state index in [9.17, 15) is 4.55 Å². The van der Waals surface area contributed by atoms with Gasteiger partial charge in [-0.15, -0.1) is 11.3 Å². The van der Waals surface area contributed by atoms with Gasteiger partial charge in [-0.25, -0.2) is 14.3 Å². The third-order valence-corrected chi connectivity index (χ3v) is 5.04. The third-order valence-electron chi connectivity index (χ3n) is 2.75. The Hall–Kier alpha value is -1.87. The molecule has 0 radical (unpaired) electrons. The molecule has 110 valence electrons. The van der Waals surface area contributed by atoms with Crippen LogP contribution in [0.4, 0.5) is 5.82 Å². The van der Waals surface area contributed by atoms with Crippen LogP contribution in [0.2, 0.25) is 0 Å². The summed E-state index contributed by atoms with van der Waals surface area (Å²) in [6, 6.07) is 8.77. The number of hydrogen-bond donors (Lipinski definition) is 2. The molecule has 8 heteroatoms. The molecule has 0 fully saturated rings. The molecule has 0 bridgehead atoms. The van der Waals surface area contributed by atoms with Gasteiger partial charge in [0.2, 0.25) is 0 Å². The van der Waals surface area contributed by atoms with E-state index in [4.69, 9.17) is 9.08 Å². The fourth-order valence-corrected chi connectivity index (χ4v) is 3.48. The topological polar surface area (TPSA) is 94.1 Å². The van der Waals surface area contributed by atoms with Crippen LogP contribution < -0.4 is 4.72 Å². The van der Waals surface area contributed by atoms with E-state index in [-0.39, 0.29) is 0 Å². The zero-order chi connectivity index (χ0) is 14.9. The Bertz CT molecular complexity index is 723. The highest BCUT2D eigenvalue weighted by molar-refractivity contribution is 8.25. The van der Waals surface area contributed by atoms with Gasteiger partial charge in [0.05, 0.1) is 0 Å². The lowest BCUT2D eigenvalue weighted by Gasteiger charge is -2.27. The predicted octanol–water partition coefficient (Wildman–Crippen LogP) is 3.41. The molecule has 1 unspecified atom stereocenters. The lowest BCUT2D eigenvalue weighted by Crippen LogP contribution is -2.09. The van der Waals surface area contributed by atoms with Crippen LogP contribution in [0.5, 0.6) is 0 Å². The van der Waals surface area contributed by atoms with Gasteiger partial charge >= 0.3 is 0 Å². The number of thiazole rings is 1. The molecule has 3 aromatic rings. The molecule has 21 heavy (non-hydrogen) atoms. The molecule has 0 saturated carbocycles. The van der Waals surface area contributed by atoms with Gasteiger partial charge in [-0.2, -0.15) is 0 Å². The van der Waals surface area contributed by atoms with Crippen LogP contribution in [-0.4, -0.2) is 19.2 Å². The number of aromatic nitrogens is 2. The fourth-order valence-electron chi connectivity index (χ4n) is 1.79. The number of rotatable bonds is 4. The summed E-state index contributed by atoms with van der Waals surface area (Å²) in [5.41, 5.74) is 0.959. The number of nitrogens with one attached hydrogen (secondary N) is 1. The van der Waals surface area contributed by atoms with E-state index < -0.39 is 10.8 Å². The van der Waals surface area contributed by atoms with Crippen molar-refractivity contribution in [3.8, 4) is 10.6 Å². The highest BCUT2D eigenvalue weighted by Gasteiger charge is 2.21. The molecule has 1 atom stereocenters. The fraction of sp³-hybridized carbons (Fsp3) is 0.0769. The van der Waals surface area contributed by atoms with Crippen LogP contribution in [0.15, 0.2) is 51.3 Å². The second-order valence-corrected chi connectivity index (χ2v) is 7.10. The lowest BCUT2D eigenvalue weighted by molar-refractivity contribution is 0.399. The standard InChI is InChI=1S/C13H13N3O3S2/c1-9-8-12(15-19-9)16-21(17,18)11-4-2-10(3-5-11)13-14-6-7-20-13/h2-8,17-18H,1H3,(H,15,16)/p+1. The number of aryl methyl sites for hydroxylation is 1. The zero-order valence-electron chi connectivity index (χ0n) is 11.1. The van der Waals surface area contributed by atoms with Gasteiger partial charge in [0.25, 0.3) is 0 Å². The van der Waals surface area contributed by atoms with Crippen molar-refractivity contribution >= 4 is 27.9 Å². The SMILES string of the molecule is Cc1cc(NS(O)([OH2+])c2ccc(-c3nccs3)cc2)no1. The Labute approximate surface area is 126 Å². The Morgan fingerprint density at radius 3 is 2.67 bits per heavy atom. The van der Waals surface area contributed by atoms with E-state index in [2.05, 4.69) is 14.9 Å². The van der Waals surface area contributed by atoms with Gasteiger partial charge in [0.1, 0.15) is 15.7 Å². The first kappa shape index (κ1) is 14.1. The molecule has 0 saturated heterocycles. The van der Waals surface area contributed by atoms with Gasteiger partial charge in [0, 0.05) is 34.0 Å². The van der Waals surface area contributed by atoms with Crippen molar-refractivity contribution in [1.82, 2.24) is 10.1 Å². The summed E-state index contributed by atoms with van der Waals surface area (Å²) in [6.45, 7) is 1.75. The normalized spacial score (nSPS) is 15.4. The monoisotopic (exact) mass is 324 g/mol. The van der Waals surface area contributed by atoms with E-state index >= 15 is 0 Å². The first-order chi connectivity index (χ1) is 10.0. The minimum Gasteiger partial charge on any atom is -0.359 e. The van der Waals surface area contributed by atoms with Gasteiger partial charge in [-0.1, -0.05) is 5.16 Å². The zero-order valence-corrected chi connectivity index (χ0v) is 12.7. The smallest absolute Gasteiger partial charge is 0.191 e. The van der Waals surface area contributed by atoms with Crippen molar-refractivity contribution in [2.24, 2.45) is 0 Å². The quantitative estimate of drug-likeness (QED) is 0.717. The molecule has 0 aliphatic carbocycles. The van der Waals surface area contributed by atoms with Crippen molar-refractivity contribution in [2.75, 3.05) is 4.72 Å². The first-order valence-corrected chi connectivity index (χ1v) is 8.53. The highest BCUT2D eigenvalue weighted by atomic mass is 32.3. The molecular weight excluding hydrogens is 310 g/mol. The minimum atomic E-state index is -2.93. The molecule has 2 aromatic heterocycles. The third kappa shape index (κ3) is 3.08. The number of nitrogens with zero attached hydrogens (tertiary/aromatic N) is 2. The van der Waals surface area contributed by atoms with Crippen molar-refractivity contribution < 1.29 is 13.6 Å². The maximum Gasteiger partial charge on any atom is 0.191 e. The van der Waals surface area contributed by atoms with Crippen LogP contribution in [-0.2, 0) is 0 Å². The molecule has 1 aromatic carbocycles. The van der Waals surface area contributed by atoms with Crippen LogP contribution in [0.1, 0.15) is 5.76 Å². The predicted molar refractivity (Wildman–Crippen MR) is 84.5 cm³/mol. The molecule has 2 heterocycles. The van der Waals surface area contributed by atoms with Crippen LogP contribution in [0.3, 0.4) is 0 Å².